The molecule has 130 valence electrons. The quantitative estimate of drug-likeness (QED) is 0.831. The van der Waals surface area contributed by atoms with Gasteiger partial charge in [-0.2, -0.15) is 0 Å². The summed E-state index contributed by atoms with van der Waals surface area (Å²) in [5, 5.41) is 2.87. The molecule has 0 aromatic heterocycles. The maximum absolute atomic E-state index is 12.8. The minimum Gasteiger partial charge on any atom is -0.358 e. The van der Waals surface area contributed by atoms with Gasteiger partial charge in [0.15, 0.2) is 0 Å². The molecule has 1 aromatic carbocycles. The number of thiocarbonyl (C=S) groups is 1. The molecule has 1 aliphatic heterocycles. The van der Waals surface area contributed by atoms with Crippen LogP contribution in [0.2, 0.25) is 0 Å². The Bertz CT molecular complexity index is 632. The van der Waals surface area contributed by atoms with Crippen molar-refractivity contribution >= 4 is 51.5 Å². The van der Waals surface area contributed by atoms with E-state index in [1.54, 1.807) is 4.90 Å². The van der Waals surface area contributed by atoms with E-state index in [1.807, 2.05) is 45.0 Å². The van der Waals surface area contributed by atoms with Crippen LogP contribution in [0.5, 0.6) is 0 Å². The first-order valence-electron chi connectivity index (χ1n) is 8.10. The highest BCUT2D eigenvalue weighted by Crippen LogP contribution is 2.31. The maximum Gasteiger partial charge on any atom is 0.237 e. The summed E-state index contributed by atoms with van der Waals surface area (Å²) in [6.07, 6.45) is 0.283. The number of para-hydroxylation sites is 2. The largest absolute Gasteiger partial charge is 0.358 e. The van der Waals surface area contributed by atoms with Crippen LogP contribution < -0.4 is 10.2 Å². The number of nitrogens with one attached hydrogen (secondary N) is 1. The summed E-state index contributed by atoms with van der Waals surface area (Å²) in [4.78, 5) is 28.6. The second-order valence-corrected chi connectivity index (χ2v) is 7.22. The molecule has 2 amide bonds. The molecule has 0 spiro atoms. The lowest BCUT2D eigenvalue weighted by Crippen LogP contribution is -2.40. The number of anilines is 2. The van der Waals surface area contributed by atoms with Crippen molar-refractivity contribution in [2.75, 3.05) is 29.1 Å². The highest BCUT2D eigenvalue weighted by molar-refractivity contribution is 8.23. The number of hydrogen-bond donors (Lipinski definition) is 1. The molecule has 24 heavy (non-hydrogen) atoms. The van der Waals surface area contributed by atoms with Crippen LogP contribution in [0.25, 0.3) is 0 Å². The van der Waals surface area contributed by atoms with E-state index in [1.165, 1.54) is 11.8 Å². The fraction of sp³-hybridized carbons (Fsp3) is 0.471. The third-order valence-corrected chi connectivity index (χ3v) is 5.48. The molecule has 0 fully saturated rings. The van der Waals surface area contributed by atoms with E-state index < -0.39 is 0 Å². The van der Waals surface area contributed by atoms with Crippen molar-refractivity contribution in [3.8, 4) is 0 Å². The van der Waals surface area contributed by atoms with Crippen molar-refractivity contribution in [2.24, 2.45) is 0 Å². The molecule has 1 aliphatic rings. The summed E-state index contributed by atoms with van der Waals surface area (Å²) in [6.45, 7) is 7.65. The van der Waals surface area contributed by atoms with Gasteiger partial charge in [0.1, 0.15) is 4.32 Å². The number of benzene rings is 1. The Morgan fingerprint density at radius 2 is 2.04 bits per heavy atom. The lowest BCUT2D eigenvalue weighted by Gasteiger charge is -2.28. The van der Waals surface area contributed by atoms with E-state index in [0.717, 1.165) is 23.1 Å². The van der Waals surface area contributed by atoms with Gasteiger partial charge in [0.25, 0.3) is 0 Å². The predicted octanol–water partition coefficient (Wildman–Crippen LogP) is 3.11. The zero-order valence-corrected chi connectivity index (χ0v) is 15.9. The van der Waals surface area contributed by atoms with Crippen LogP contribution in [0.3, 0.4) is 0 Å². The van der Waals surface area contributed by atoms with E-state index in [4.69, 9.17) is 12.2 Å². The number of rotatable bonds is 4. The molecule has 1 N–H and O–H groups in total. The van der Waals surface area contributed by atoms with Gasteiger partial charge >= 0.3 is 0 Å². The molecule has 1 heterocycles. The maximum atomic E-state index is 12.8. The van der Waals surface area contributed by atoms with Gasteiger partial charge in [-0.1, -0.05) is 36.1 Å². The zero-order chi connectivity index (χ0) is 17.7. The third kappa shape index (κ3) is 4.27. The van der Waals surface area contributed by atoms with Gasteiger partial charge in [0, 0.05) is 25.6 Å². The average molecular weight is 366 g/mol. The number of fused-ring (bicyclic) bond motifs is 1. The van der Waals surface area contributed by atoms with Gasteiger partial charge in [-0.3, -0.25) is 9.59 Å². The van der Waals surface area contributed by atoms with Crippen molar-refractivity contribution in [3.05, 3.63) is 24.3 Å². The smallest absolute Gasteiger partial charge is 0.237 e. The molecule has 7 heteroatoms. The minimum absolute atomic E-state index is 0.0362. The van der Waals surface area contributed by atoms with Gasteiger partial charge in [0.05, 0.1) is 17.1 Å². The van der Waals surface area contributed by atoms with E-state index in [-0.39, 0.29) is 30.0 Å². The normalized spacial score (nSPS) is 16.9. The number of carbonyl (C=O) groups excluding carboxylic acids is 2. The Labute approximate surface area is 152 Å². The van der Waals surface area contributed by atoms with Crippen LogP contribution in [0.4, 0.5) is 11.4 Å². The molecule has 0 bridgehead atoms. The standard InChI is InChI=1S/C17H23N3O2S2/c1-4-19(5-2)17(23)24-11-16(22)20-12(3)10-15(21)18-13-8-6-7-9-14(13)20/h6-9,12H,4-5,10-11H2,1-3H3,(H,18,21)/t12-/m1/s1. The second kappa shape index (κ2) is 8.48. The van der Waals surface area contributed by atoms with E-state index >= 15 is 0 Å². The molecule has 2 rings (SSSR count). The fourth-order valence-electron chi connectivity index (χ4n) is 2.73. The highest BCUT2D eigenvalue weighted by Gasteiger charge is 2.29. The topological polar surface area (TPSA) is 52.7 Å². The summed E-state index contributed by atoms with van der Waals surface area (Å²) < 4.78 is 0.735. The van der Waals surface area contributed by atoms with Gasteiger partial charge in [0.2, 0.25) is 11.8 Å². The molecular formula is C17H23N3O2S2. The molecule has 0 unspecified atom stereocenters. The summed E-state index contributed by atoms with van der Waals surface area (Å²) >= 11 is 6.78. The fourth-order valence-corrected chi connectivity index (χ4v) is 4.00. The van der Waals surface area contributed by atoms with Crippen LogP contribution in [0.15, 0.2) is 24.3 Å². The van der Waals surface area contributed by atoms with E-state index in [0.29, 0.717) is 5.69 Å². The van der Waals surface area contributed by atoms with E-state index in [2.05, 4.69) is 10.2 Å². The molecule has 0 saturated carbocycles. The Balaban J connectivity index is 2.15. The van der Waals surface area contributed by atoms with Crippen molar-refractivity contribution in [1.29, 1.82) is 0 Å². The summed E-state index contributed by atoms with van der Waals surface area (Å²) in [5.41, 5.74) is 1.42. The third-order valence-electron chi connectivity index (χ3n) is 3.97. The van der Waals surface area contributed by atoms with Crippen molar-refractivity contribution in [1.82, 2.24) is 4.90 Å². The molecular weight excluding hydrogens is 342 g/mol. The molecule has 0 radical (unpaired) electrons. The Kier molecular flexibility index (Phi) is 6.62. The summed E-state index contributed by atoms with van der Waals surface area (Å²) in [7, 11) is 0. The number of carbonyl (C=O) groups is 2. The van der Waals surface area contributed by atoms with Gasteiger partial charge < -0.3 is 15.1 Å². The Morgan fingerprint density at radius 3 is 2.71 bits per heavy atom. The van der Waals surface area contributed by atoms with Crippen LogP contribution in [0.1, 0.15) is 27.2 Å². The summed E-state index contributed by atoms with van der Waals surface area (Å²) in [5.74, 6) is 0.157. The Hall–Kier alpha value is -1.60. The highest BCUT2D eigenvalue weighted by atomic mass is 32.2. The number of thioether (sulfide) groups is 1. The number of hydrogen-bond acceptors (Lipinski definition) is 4. The van der Waals surface area contributed by atoms with Gasteiger partial charge in [-0.05, 0) is 32.9 Å². The Morgan fingerprint density at radius 1 is 1.38 bits per heavy atom. The number of nitrogens with zero attached hydrogens (tertiary/aromatic N) is 2. The lowest BCUT2D eigenvalue weighted by atomic mass is 10.2. The first kappa shape index (κ1) is 18.7. The minimum atomic E-state index is -0.191. The predicted molar refractivity (Wildman–Crippen MR) is 105 cm³/mol. The SMILES string of the molecule is CCN(CC)C(=S)SCC(=O)N1c2ccccc2NC(=O)C[C@H]1C. The summed E-state index contributed by atoms with van der Waals surface area (Å²) in [6, 6.07) is 7.21. The van der Waals surface area contributed by atoms with Crippen molar-refractivity contribution < 1.29 is 9.59 Å². The van der Waals surface area contributed by atoms with Crippen LogP contribution in [-0.2, 0) is 9.59 Å². The van der Waals surface area contributed by atoms with Crippen LogP contribution >= 0.6 is 24.0 Å². The monoisotopic (exact) mass is 365 g/mol. The lowest BCUT2D eigenvalue weighted by molar-refractivity contribution is -0.117. The first-order chi connectivity index (χ1) is 11.5. The zero-order valence-electron chi connectivity index (χ0n) is 14.2. The van der Waals surface area contributed by atoms with Crippen LogP contribution in [0, 0.1) is 0 Å². The molecule has 1 aromatic rings. The average Bonchev–Trinajstić information content (AvgIpc) is 2.68. The number of amides is 2. The molecule has 0 aliphatic carbocycles. The van der Waals surface area contributed by atoms with Crippen LogP contribution in [-0.4, -0.2) is 45.9 Å². The van der Waals surface area contributed by atoms with Crippen molar-refractivity contribution in [3.63, 3.8) is 0 Å². The molecule has 5 nitrogen and oxygen atoms in total. The first-order valence-corrected chi connectivity index (χ1v) is 9.49. The van der Waals surface area contributed by atoms with Gasteiger partial charge in [-0.15, -0.1) is 0 Å². The molecule has 1 atom stereocenters. The van der Waals surface area contributed by atoms with E-state index in [9.17, 15) is 9.59 Å². The molecule has 0 saturated heterocycles. The second-order valence-electron chi connectivity index (χ2n) is 5.61. The van der Waals surface area contributed by atoms with Gasteiger partial charge in [-0.25, -0.2) is 0 Å². The van der Waals surface area contributed by atoms with Crippen molar-refractivity contribution in [2.45, 2.75) is 33.2 Å².